The van der Waals surface area contributed by atoms with Crippen LogP contribution in [0.3, 0.4) is 0 Å². The molecule has 0 saturated carbocycles. The number of nitro groups is 1. The summed E-state index contributed by atoms with van der Waals surface area (Å²) in [6, 6.07) is 16.8. The molecule has 170 valence electrons. The molecule has 4 aromatic rings. The fraction of sp³-hybridized carbons (Fsp3) is 0.0870. The number of aromatic nitrogens is 4. The molecule has 2 aromatic heterocycles. The first-order valence-electron chi connectivity index (χ1n) is 10.2. The number of nitrogens with one attached hydrogen (secondary N) is 1. The smallest absolute Gasteiger partial charge is 0.271 e. The normalized spacial score (nSPS) is 11.0. The second kappa shape index (κ2) is 10.5. The summed E-state index contributed by atoms with van der Waals surface area (Å²) >= 11 is 1.30. The average Bonchev–Trinajstić information content (AvgIpc) is 3.28. The molecule has 0 aliphatic heterocycles. The highest BCUT2D eigenvalue weighted by Crippen LogP contribution is 2.33. The van der Waals surface area contributed by atoms with Gasteiger partial charge in [-0.05, 0) is 49.0 Å². The number of rotatable bonds is 8. The molecule has 10 nitrogen and oxygen atoms in total. The van der Waals surface area contributed by atoms with Crippen molar-refractivity contribution in [1.82, 2.24) is 25.2 Å². The third-order valence-corrected chi connectivity index (χ3v) is 5.86. The van der Waals surface area contributed by atoms with Gasteiger partial charge in [0.25, 0.3) is 11.6 Å². The van der Waals surface area contributed by atoms with Gasteiger partial charge in [-0.25, -0.2) is 5.43 Å². The molecule has 0 atom stereocenters. The van der Waals surface area contributed by atoms with Crippen LogP contribution >= 0.6 is 11.8 Å². The van der Waals surface area contributed by atoms with Gasteiger partial charge in [0, 0.05) is 52.7 Å². The molecule has 1 amide bonds. The molecule has 2 aromatic carbocycles. The Morgan fingerprint density at radius 3 is 2.62 bits per heavy atom. The molecule has 4 rings (SSSR count). The highest BCUT2D eigenvalue weighted by molar-refractivity contribution is 7.99. The van der Waals surface area contributed by atoms with Crippen LogP contribution in [-0.4, -0.2) is 36.8 Å². The van der Waals surface area contributed by atoms with E-state index in [1.807, 2.05) is 29.7 Å². The molecule has 34 heavy (non-hydrogen) atoms. The Morgan fingerprint density at radius 2 is 1.91 bits per heavy atom. The first-order valence-corrected chi connectivity index (χ1v) is 11.1. The maximum Gasteiger partial charge on any atom is 0.271 e. The summed E-state index contributed by atoms with van der Waals surface area (Å²) < 4.78 is 1.94. The minimum absolute atomic E-state index is 0.0883. The van der Waals surface area contributed by atoms with Gasteiger partial charge in [0.15, 0.2) is 11.0 Å². The zero-order valence-corrected chi connectivity index (χ0v) is 18.8. The number of hydrogen-bond acceptors (Lipinski definition) is 8. The van der Waals surface area contributed by atoms with Gasteiger partial charge in [0.05, 0.1) is 11.1 Å². The van der Waals surface area contributed by atoms with E-state index in [-0.39, 0.29) is 11.6 Å². The van der Waals surface area contributed by atoms with Crippen molar-refractivity contribution in [1.29, 1.82) is 0 Å². The van der Waals surface area contributed by atoms with Crippen LogP contribution in [0.2, 0.25) is 0 Å². The van der Waals surface area contributed by atoms with Crippen LogP contribution in [-0.2, 0) is 6.54 Å². The number of carbonyl (C=O) groups is 1. The number of pyridine rings is 1. The van der Waals surface area contributed by atoms with Crippen molar-refractivity contribution in [2.75, 3.05) is 0 Å². The number of carbonyl (C=O) groups excluding carboxylic acids is 1. The standard InChI is InChI=1S/C23H19N7O3S/c1-2-29-21(16-10-12-24-13-11-16)26-28-23(29)34-20-9-8-19(30(32)33)14-18(20)15-25-27-22(31)17-6-4-3-5-7-17/h3-15H,2H2,1H3,(H,27,31)/b25-15-. The lowest BCUT2D eigenvalue weighted by Crippen LogP contribution is -2.17. The molecule has 0 unspecified atom stereocenters. The fourth-order valence-electron chi connectivity index (χ4n) is 3.12. The van der Waals surface area contributed by atoms with Crippen LogP contribution in [0, 0.1) is 10.1 Å². The molecule has 0 fully saturated rings. The summed E-state index contributed by atoms with van der Waals surface area (Å²) in [4.78, 5) is 27.8. The summed E-state index contributed by atoms with van der Waals surface area (Å²) in [5, 5.41) is 24.6. The van der Waals surface area contributed by atoms with Gasteiger partial charge in [0.1, 0.15) is 0 Å². The Hall–Kier alpha value is -4.38. The molecule has 1 N–H and O–H groups in total. The van der Waals surface area contributed by atoms with Crippen LogP contribution < -0.4 is 5.43 Å². The Kier molecular flexibility index (Phi) is 7.04. The molecule has 0 radical (unpaired) electrons. The van der Waals surface area contributed by atoms with Gasteiger partial charge >= 0.3 is 0 Å². The number of nitro benzene ring substituents is 1. The maximum atomic E-state index is 12.2. The van der Waals surface area contributed by atoms with Gasteiger partial charge in [-0.2, -0.15) is 5.10 Å². The quantitative estimate of drug-likeness (QED) is 0.231. The average molecular weight is 474 g/mol. The topological polar surface area (TPSA) is 128 Å². The van der Waals surface area contributed by atoms with Crippen LogP contribution in [0.1, 0.15) is 22.8 Å². The highest BCUT2D eigenvalue weighted by atomic mass is 32.2. The van der Waals surface area contributed by atoms with E-state index in [0.717, 1.165) is 5.56 Å². The van der Waals surface area contributed by atoms with Crippen molar-refractivity contribution >= 4 is 29.6 Å². The largest absolute Gasteiger partial charge is 0.302 e. The van der Waals surface area contributed by atoms with Crippen LogP contribution in [0.5, 0.6) is 0 Å². The summed E-state index contributed by atoms with van der Waals surface area (Å²) in [5.74, 6) is 0.309. The SMILES string of the molecule is CCn1c(Sc2ccc([N+](=O)[O-])cc2/C=N\NC(=O)c2ccccc2)nnc1-c1ccncc1. The van der Waals surface area contributed by atoms with E-state index in [0.29, 0.717) is 33.5 Å². The van der Waals surface area contributed by atoms with Gasteiger partial charge in [-0.15, -0.1) is 10.2 Å². The second-order valence-electron chi connectivity index (χ2n) is 6.93. The lowest BCUT2D eigenvalue weighted by atomic mass is 10.2. The molecule has 2 heterocycles. The molecule has 0 spiro atoms. The van der Waals surface area contributed by atoms with Crippen LogP contribution in [0.15, 0.2) is 88.2 Å². The van der Waals surface area contributed by atoms with E-state index in [4.69, 9.17) is 0 Å². The Morgan fingerprint density at radius 1 is 1.15 bits per heavy atom. The summed E-state index contributed by atoms with van der Waals surface area (Å²) in [5.41, 5.74) is 4.15. The minimum atomic E-state index is -0.482. The predicted molar refractivity (Wildman–Crippen MR) is 128 cm³/mol. The number of amides is 1. The number of hydrogen-bond donors (Lipinski definition) is 1. The second-order valence-corrected chi connectivity index (χ2v) is 7.94. The lowest BCUT2D eigenvalue weighted by molar-refractivity contribution is -0.384. The Labute approximate surface area is 198 Å². The number of benzene rings is 2. The monoisotopic (exact) mass is 473 g/mol. The van der Waals surface area contributed by atoms with E-state index in [2.05, 4.69) is 25.7 Å². The first-order chi connectivity index (χ1) is 16.6. The predicted octanol–water partition coefficient (Wildman–Crippen LogP) is 4.18. The zero-order valence-electron chi connectivity index (χ0n) is 18.0. The maximum absolute atomic E-state index is 12.2. The van der Waals surface area contributed by atoms with E-state index < -0.39 is 4.92 Å². The minimum Gasteiger partial charge on any atom is -0.302 e. The van der Waals surface area contributed by atoms with Crippen LogP contribution in [0.25, 0.3) is 11.4 Å². The summed E-state index contributed by atoms with van der Waals surface area (Å²) in [6.45, 7) is 2.60. The zero-order chi connectivity index (χ0) is 23.9. The highest BCUT2D eigenvalue weighted by Gasteiger charge is 2.17. The molecule has 0 aliphatic carbocycles. The Balaban J connectivity index is 1.62. The lowest BCUT2D eigenvalue weighted by Gasteiger charge is -2.09. The number of hydrazone groups is 1. The van der Waals surface area contributed by atoms with Gasteiger partial charge in [-0.1, -0.05) is 18.2 Å². The molecular formula is C23H19N7O3S. The van der Waals surface area contributed by atoms with E-state index in [9.17, 15) is 14.9 Å². The van der Waals surface area contributed by atoms with Crippen molar-refractivity contribution in [3.63, 3.8) is 0 Å². The van der Waals surface area contributed by atoms with Crippen molar-refractivity contribution in [3.8, 4) is 11.4 Å². The first kappa shape index (κ1) is 22.8. The van der Waals surface area contributed by atoms with Gasteiger partial charge in [0.2, 0.25) is 0 Å². The van der Waals surface area contributed by atoms with E-state index in [1.54, 1.807) is 42.7 Å². The van der Waals surface area contributed by atoms with Crippen molar-refractivity contribution in [2.45, 2.75) is 23.5 Å². The third kappa shape index (κ3) is 5.15. The summed E-state index contributed by atoms with van der Waals surface area (Å²) in [6.07, 6.45) is 4.75. The van der Waals surface area contributed by atoms with Crippen LogP contribution in [0.4, 0.5) is 5.69 Å². The van der Waals surface area contributed by atoms with Crippen molar-refractivity contribution < 1.29 is 9.72 Å². The molecule has 0 aliphatic rings. The van der Waals surface area contributed by atoms with Crippen molar-refractivity contribution in [2.24, 2.45) is 5.10 Å². The molecule has 0 saturated heterocycles. The van der Waals surface area contributed by atoms with E-state index >= 15 is 0 Å². The number of nitrogens with zero attached hydrogens (tertiary/aromatic N) is 6. The molecule has 11 heteroatoms. The number of non-ortho nitro benzene ring substituents is 1. The fourth-order valence-corrected chi connectivity index (χ4v) is 4.09. The molecular weight excluding hydrogens is 454 g/mol. The van der Waals surface area contributed by atoms with Gasteiger partial charge < -0.3 is 4.57 Å². The van der Waals surface area contributed by atoms with Gasteiger partial charge in [-0.3, -0.25) is 19.9 Å². The Bertz CT molecular complexity index is 1340. The molecule has 0 bridgehead atoms. The third-order valence-electron chi connectivity index (χ3n) is 4.78. The van der Waals surface area contributed by atoms with Crippen molar-refractivity contribution in [3.05, 3.63) is 94.3 Å². The van der Waals surface area contributed by atoms with E-state index in [1.165, 1.54) is 30.1 Å². The summed E-state index contributed by atoms with van der Waals surface area (Å²) in [7, 11) is 0.